The van der Waals surface area contributed by atoms with Gasteiger partial charge in [0.05, 0.1) is 6.04 Å². The molecular formula is C21H32F2IN5O. The lowest BCUT2D eigenvalue weighted by molar-refractivity contribution is -0.135. The number of amides is 1. The number of nitrogens with one attached hydrogen (secondary N) is 1. The topological polar surface area (TPSA) is 51.2 Å². The minimum atomic E-state index is -0.521. The molecule has 2 heterocycles. The number of halogens is 3. The number of likely N-dealkylation sites (tertiary alicyclic amines) is 1. The first kappa shape index (κ1) is 24.8. The summed E-state index contributed by atoms with van der Waals surface area (Å²) < 4.78 is 27.5. The van der Waals surface area contributed by atoms with Gasteiger partial charge in [0.25, 0.3) is 0 Å². The van der Waals surface area contributed by atoms with Crippen molar-refractivity contribution in [2.24, 2.45) is 4.99 Å². The number of rotatable bonds is 5. The monoisotopic (exact) mass is 535 g/mol. The number of aliphatic imine (C=N–C) groups is 1. The molecule has 3 rings (SSSR count). The van der Waals surface area contributed by atoms with Gasteiger partial charge in [0.2, 0.25) is 5.91 Å². The molecule has 1 unspecified atom stereocenters. The smallest absolute Gasteiger partial charge is 0.239 e. The predicted molar refractivity (Wildman–Crippen MR) is 125 cm³/mol. The Bertz CT molecular complexity index is 714. The average molecular weight is 535 g/mol. The number of guanidine groups is 1. The molecule has 0 aromatic heterocycles. The van der Waals surface area contributed by atoms with Crippen LogP contribution >= 0.6 is 24.0 Å². The summed E-state index contributed by atoms with van der Waals surface area (Å²) in [7, 11) is 1.71. The van der Waals surface area contributed by atoms with E-state index in [9.17, 15) is 13.6 Å². The minimum absolute atomic E-state index is 0. The van der Waals surface area contributed by atoms with Crippen molar-refractivity contribution >= 4 is 35.8 Å². The van der Waals surface area contributed by atoms with Crippen molar-refractivity contribution in [3.05, 3.63) is 35.4 Å². The van der Waals surface area contributed by atoms with E-state index in [2.05, 4.69) is 20.1 Å². The van der Waals surface area contributed by atoms with Crippen molar-refractivity contribution in [1.82, 2.24) is 20.0 Å². The summed E-state index contributed by atoms with van der Waals surface area (Å²) in [5.41, 5.74) is 0.0922. The SMILES string of the molecule is CN=C(NCCc1c(F)cccc1F)N1CCN(C(C)C(=O)N2CCCC2)CC1.I. The molecule has 1 aromatic carbocycles. The largest absolute Gasteiger partial charge is 0.356 e. The van der Waals surface area contributed by atoms with Crippen molar-refractivity contribution in [1.29, 1.82) is 0 Å². The summed E-state index contributed by atoms with van der Waals surface area (Å²) in [5.74, 6) is -0.0931. The second-order valence-electron chi connectivity index (χ2n) is 7.66. The van der Waals surface area contributed by atoms with E-state index in [-0.39, 0.29) is 47.9 Å². The van der Waals surface area contributed by atoms with Crippen LogP contribution in [-0.4, -0.2) is 85.5 Å². The molecule has 9 heteroatoms. The molecule has 0 bridgehead atoms. The van der Waals surface area contributed by atoms with Gasteiger partial charge in [-0.05, 0) is 38.3 Å². The third-order valence-electron chi connectivity index (χ3n) is 5.87. The molecule has 30 heavy (non-hydrogen) atoms. The summed E-state index contributed by atoms with van der Waals surface area (Å²) in [4.78, 5) is 23.2. The van der Waals surface area contributed by atoms with Crippen LogP contribution in [0.1, 0.15) is 25.3 Å². The Hall–Kier alpha value is -1.49. The van der Waals surface area contributed by atoms with Crippen LogP contribution in [0.3, 0.4) is 0 Å². The van der Waals surface area contributed by atoms with E-state index in [1.54, 1.807) is 7.05 Å². The van der Waals surface area contributed by atoms with Crippen LogP contribution in [0.5, 0.6) is 0 Å². The van der Waals surface area contributed by atoms with Crippen LogP contribution in [0.4, 0.5) is 8.78 Å². The molecule has 1 N–H and O–H groups in total. The Morgan fingerprint density at radius 2 is 1.67 bits per heavy atom. The van der Waals surface area contributed by atoms with Gasteiger partial charge < -0.3 is 15.1 Å². The molecule has 6 nitrogen and oxygen atoms in total. The highest BCUT2D eigenvalue weighted by Crippen LogP contribution is 2.15. The molecular weight excluding hydrogens is 503 g/mol. The molecule has 2 aliphatic rings. The second-order valence-corrected chi connectivity index (χ2v) is 7.66. The first-order chi connectivity index (χ1) is 14.0. The minimum Gasteiger partial charge on any atom is -0.356 e. The van der Waals surface area contributed by atoms with E-state index in [1.807, 2.05) is 11.8 Å². The zero-order chi connectivity index (χ0) is 20.8. The lowest BCUT2D eigenvalue weighted by atomic mass is 10.1. The Labute approximate surface area is 194 Å². The Morgan fingerprint density at radius 3 is 2.23 bits per heavy atom. The van der Waals surface area contributed by atoms with Crippen molar-refractivity contribution in [3.8, 4) is 0 Å². The van der Waals surface area contributed by atoms with Gasteiger partial charge >= 0.3 is 0 Å². The first-order valence-corrected chi connectivity index (χ1v) is 10.4. The van der Waals surface area contributed by atoms with Crippen LogP contribution in [0.25, 0.3) is 0 Å². The van der Waals surface area contributed by atoms with Gasteiger partial charge in [0.1, 0.15) is 11.6 Å². The number of carbonyl (C=O) groups excluding carboxylic acids is 1. The number of hydrogen-bond donors (Lipinski definition) is 1. The Kier molecular flexibility index (Phi) is 9.73. The number of nitrogens with zero attached hydrogens (tertiary/aromatic N) is 4. The maximum Gasteiger partial charge on any atom is 0.239 e. The maximum absolute atomic E-state index is 13.8. The molecule has 168 valence electrons. The van der Waals surface area contributed by atoms with Crippen molar-refractivity contribution in [3.63, 3.8) is 0 Å². The van der Waals surface area contributed by atoms with Gasteiger partial charge in [-0.1, -0.05) is 6.07 Å². The quantitative estimate of drug-likeness (QED) is 0.358. The van der Waals surface area contributed by atoms with Gasteiger partial charge in [0, 0.05) is 58.4 Å². The first-order valence-electron chi connectivity index (χ1n) is 10.4. The number of hydrogen-bond acceptors (Lipinski definition) is 3. The van der Waals surface area contributed by atoms with E-state index in [1.165, 1.54) is 18.2 Å². The molecule has 1 atom stereocenters. The Morgan fingerprint density at radius 1 is 1.07 bits per heavy atom. The van der Waals surface area contributed by atoms with Gasteiger partial charge in [0.15, 0.2) is 5.96 Å². The van der Waals surface area contributed by atoms with Crippen molar-refractivity contribution in [2.45, 2.75) is 32.2 Å². The third-order valence-corrected chi connectivity index (χ3v) is 5.87. The highest BCUT2D eigenvalue weighted by molar-refractivity contribution is 14.0. The summed E-state index contributed by atoms with van der Waals surface area (Å²) in [6.07, 6.45) is 2.45. The fourth-order valence-corrected chi connectivity index (χ4v) is 4.08. The second kappa shape index (κ2) is 11.8. The van der Waals surface area contributed by atoms with Crippen LogP contribution in [0, 0.1) is 11.6 Å². The zero-order valence-electron chi connectivity index (χ0n) is 17.7. The molecule has 0 radical (unpaired) electrons. The molecule has 2 saturated heterocycles. The lowest BCUT2D eigenvalue weighted by Crippen LogP contribution is -2.57. The van der Waals surface area contributed by atoms with Crippen LogP contribution in [0.15, 0.2) is 23.2 Å². The summed E-state index contributed by atoms with van der Waals surface area (Å²) >= 11 is 0. The van der Waals surface area contributed by atoms with Gasteiger partial charge in [-0.2, -0.15) is 0 Å². The number of carbonyl (C=O) groups is 1. The molecule has 1 amide bonds. The fourth-order valence-electron chi connectivity index (χ4n) is 4.08. The normalized spacial score (nSPS) is 18.9. The highest BCUT2D eigenvalue weighted by Gasteiger charge is 2.30. The number of benzene rings is 1. The summed E-state index contributed by atoms with van der Waals surface area (Å²) in [6, 6.07) is 3.82. The summed E-state index contributed by atoms with van der Waals surface area (Å²) in [6.45, 7) is 7.22. The standard InChI is InChI=1S/C21H31F2N5O.HI/c1-16(20(29)27-10-3-4-11-27)26-12-14-28(15-13-26)21(24-2)25-9-8-17-18(22)6-5-7-19(17)23;/h5-7,16H,3-4,8-15H2,1-2H3,(H,24,25);1H. The zero-order valence-corrected chi connectivity index (χ0v) is 20.1. The molecule has 2 aliphatic heterocycles. The van der Waals surface area contributed by atoms with Gasteiger partial charge in [-0.25, -0.2) is 8.78 Å². The Balaban J connectivity index is 0.00000320. The molecule has 0 aliphatic carbocycles. The third kappa shape index (κ3) is 6.03. The van der Waals surface area contributed by atoms with E-state index in [0.717, 1.165) is 58.1 Å². The lowest BCUT2D eigenvalue weighted by Gasteiger charge is -2.39. The molecule has 0 saturated carbocycles. The van der Waals surface area contributed by atoms with Crippen molar-refractivity contribution in [2.75, 3.05) is 52.9 Å². The van der Waals surface area contributed by atoms with Crippen LogP contribution < -0.4 is 5.32 Å². The van der Waals surface area contributed by atoms with E-state index >= 15 is 0 Å². The van der Waals surface area contributed by atoms with E-state index < -0.39 is 11.6 Å². The predicted octanol–water partition coefficient (Wildman–Crippen LogP) is 2.33. The summed E-state index contributed by atoms with van der Waals surface area (Å²) in [5, 5.41) is 3.20. The van der Waals surface area contributed by atoms with Crippen LogP contribution in [-0.2, 0) is 11.2 Å². The average Bonchev–Trinajstić information content (AvgIpc) is 3.27. The van der Waals surface area contributed by atoms with E-state index in [4.69, 9.17) is 0 Å². The molecule has 2 fully saturated rings. The van der Waals surface area contributed by atoms with Crippen LogP contribution in [0.2, 0.25) is 0 Å². The molecule has 0 spiro atoms. The maximum atomic E-state index is 13.8. The highest BCUT2D eigenvalue weighted by atomic mass is 127. The van der Waals surface area contributed by atoms with Gasteiger partial charge in [-0.15, -0.1) is 24.0 Å². The van der Waals surface area contributed by atoms with E-state index in [0.29, 0.717) is 6.54 Å². The van der Waals surface area contributed by atoms with Crippen molar-refractivity contribution < 1.29 is 13.6 Å². The molecule has 1 aromatic rings. The van der Waals surface area contributed by atoms with Gasteiger partial charge in [-0.3, -0.25) is 14.7 Å². The number of piperazine rings is 1. The fraction of sp³-hybridized carbons (Fsp3) is 0.619.